The molecule has 0 spiro atoms. The Morgan fingerprint density at radius 2 is 2.05 bits per heavy atom. The minimum Gasteiger partial charge on any atom is -0.443 e. The minimum atomic E-state index is -0.846. The van der Waals surface area contributed by atoms with E-state index in [0.717, 1.165) is 11.1 Å². The minimum absolute atomic E-state index is 0.0263. The van der Waals surface area contributed by atoms with Crippen LogP contribution in [0.15, 0.2) is 30.5 Å². The molecule has 1 heterocycles. The lowest BCUT2D eigenvalue weighted by Gasteiger charge is -2.10. The third-order valence-corrected chi connectivity index (χ3v) is 2.80. The Labute approximate surface area is 117 Å². The standard InChI is InChI=1S/C14H16N4O2/c1-9(2)11-5-3-4-6-12(11)13-16-7-10(17-18-13)8-20-14(15)19/h3-7,9H,8H2,1-2H3,(H2,15,19). The fraction of sp³-hybridized carbons (Fsp3) is 0.286. The molecule has 0 bridgehead atoms. The molecule has 104 valence electrons. The quantitative estimate of drug-likeness (QED) is 0.921. The molecular formula is C14H16N4O2. The molecule has 2 rings (SSSR count). The molecule has 0 saturated heterocycles. The highest BCUT2D eigenvalue weighted by atomic mass is 16.5. The number of hydrogen-bond donors (Lipinski definition) is 1. The predicted octanol–water partition coefficient (Wildman–Crippen LogP) is 2.26. The maximum absolute atomic E-state index is 10.5. The summed E-state index contributed by atoms with van der Waals surface area (Å²) in [6.07, 6.45) is 0.684. The first kappa shape index (κ1) is 13.9. The molecule has 1 aromatic carbocycles. The molecule has 0 aliphatic heterocycles. The number of benzene rings is 1. The molecule has 0 unspecified atom stereocenters. The molecule has 20 heavy (non-hydrogen) atoms. The smallest absolute Gasteiger partial charge is 0.404 e. The lowest BCUT2D eigenvalue weighted by molar-refractivity contribution is 0.148. The van der Waals surface area contributed by atoms with E-state index in [-0.39, 0.29) is 6.61 Å². The second kappa shape index (κ2) is 6.10. The van der Waals surface area contributed by atoms with Gasteiger partial charge in [0.2, 0.25) is 0 Å². The Balaban J connectivity index is 2.24. The lowest BCUT2D eigenvalue weighted by Crippen LogP contribution is -2.13. The Kier molecular flexibility index (Phi) is 4.24. The predicted molar refractivity (Wildman–Crippen MR) is 73.7 cm³/mol. The van der Waals surface area contributed by atoms with Crippen molar-refractivity contribution in [2.75, 3.05) is 0 Å². The van der Waals surface area contributed by atoms with Crippen LogP contribution in [0.5, 0.6) is 0 Å². The molecule has 0 aliphatic carbocycles. The summed E-state index contributed by atoms with van der Waals surface area (Å²) in [5, 5.41) is 8.06. The number of nitrogens with zero attached hydrogens (tertiary/aromatic N) is 3. The van der Waals surface area contributed by atoms with E-state index in [1.165, 1.54) is 6.20 Å². The average molecular weight is 272 g/mol. The molecule has 6 heteroatoms. The maximum Gasteiger partial charge on any atom is 0.404 e. The summed E-state index contributed by atoms with van der Waals surface area (Å²) in [4.78, 5) is 14.8. The molecule has 0 saturated carbocycles. The summed E-state index contributed by atoms with van der Waals surface area (Å²) in [6.45, 7) is 4.20. The van der Waals surface area contributed by atoms with Crippen LogP contribution in [-0.4, -0.2) is 21.3 Å². The number of nitrogens with two attached hydrogens (primary N) is 1. The zero-order valence-electron chi connectivity index (χ0n) is 11.4. The van der Waals surface area contributed by atoms with Gasteiger partial charge in [-0.15, -0.1) is 10.2 Å². The summed E-state index contributed by atoms with van der Waals surface area (Å²) < 4.78 is 4.63. The van der Waals surface area contributed by atoms with E-state index in [4.69, 9.17) is 5.73 Å². The first-order valence-corrected chi connectivity index (χ1v) is 6.28. The fourth-order valence-corrected chi connectivity index (χ4v) is 1.84. The number of primary amides is 1. The summed E-state index contributed by atoms with van der Waals surface area (Å²) in [5.74, 6) is 0.921. The van der Waals surface area contributed by atoms with Crippen LogP contribution in [0.1, 0.15) is 31.0 Å². The van der Waals surface area contributed by atoms with Gasteiger partial charge in [0.1, 0.15) is 12.3 Å². The van der Waals surface area contributed by atoms with Gasteiger partial charge in [-0.2, -0.15) is 0 Å². The first-order chi connectivity index (χ1) is 9.58. The highest BCUT2D eigenvalue weighted by Crippen LogP contribution is 2.25. The van der Waals surface area contributed by atoms with Gasteiger partial charge >= 0.3 is 6.09 Å². The monoisotopic (exact) mass is 272 g/mol. The van der Waals surface area contributed by atoms with Gasteiger partial charge in [0.25, 0.3) is 0 Å². The Morgan fingerprint density at radius 3 is 2.65 bits per heavy atom. The lowest BCUT2D eigenvalue weighted by atomic mass is 9.97. The van der Waals surface area contributed by atoms with Crippen molar-refractivity contribution in [3.05, 3.63) is 41.7 Å². The van der Waals surface area contributed by atoms with Gasteiger partial charge in [-0.25, -0.2) is 9.78 Å². The molecule has 2 aromatic rings. The Morgan fingerprint density at radius 1 is 1.30 bits per heavy atom. The van der Waals surface area contributed by atoms with Crippen molar-refractivity contribution in [1.29, 1.82) is 0 Å². The zero-order valence-corrected chi connectivity index (χ0v) is 11.4. The van der Waals surface area contributed by atoms with Crippen LogP contribution in [0.25, 0.3) is 11.4 Å². The van der Waals surface area contributed by atoms with Crippen LogP contribution in [0.3, 0.4) is 0 Å². The van der Waals surface area contributed by atoms with Crippen LogP contribution >= 0.6 is 0 Å². The summed E-state index contributed by atoms with van der Waals surface area (Å²) in [7, 11) is 0. The van der Waals surface area contributed by atoms with E-state index in [9.17, 15) is 4.79 Å². The second-order valence-corrected chi connectivity index (χ2v) is 4.62. The molecule has 0 aliphatic rings. The topological polar surface area (TPSA) is 91.0 Å². The van der Waals surface area contributed by atoms with Gasteiger partial charge in [-0.3, -0.25) is 0 Å². The van der Waals surface area contributed by atoms with Crippen molar-refractivity contribution in [3.8, 4) is 11.4 Å². The van der Waals surface area contributed by atoms with Crippen LogP contribution in [0.4, 0.5) is 4.79 Å². The van der Waals surface area contributed by atoms with Crippen molar-refractivity contribution in [3.63, 3.8) is 0 Å². The number of carbonyl (C=O) groups is 1. The van der Waals surface area contributed by atoms with Gasteiger partial charge in [0.05, 0.1) is 6.20 Å². The Hall–Kier alpha value is -2.50. The van der Waals surface area contributed by atoms with Crippen LogP contribution < -0.4 is 5.73 Å². The second-order valence-electron chi connectivity index (χ2n) is 4.62. The van der Waals surface area contributed by atoms with E-state index in [1.54, 1.807) is 0 Å². The summed E-state index contributed by atoms with van der Waals surface area (Å²) in [6, 6.07) is 7.94. The van der Waals surface area contributed by atoms with Crippen LogP contribution in [0, 0.1) is 0 Å². The molecule has 1 amide bonds. The molecule has 0 atom stereocenters. The highest BCUT2D eigenvalue weighted by molar-refractivity contribution is 5.64. The summed E-state index contributed by atoms with van der Waals surface area (Å²) >= 11 is 0. The fourth-order valence-electron chi connectivity index (χ4n) is 1.84. The third-order valence-electron chi connectivity index (χ3n) is 2.80. The van der Waals surface area contributed by atoms with Gasteiger partial charge in [-0.05, 0) is 11.5 Å². The summed E-state index contributed by atoms with van der Waals surface area (Å²) in [5.41, 5.74) is 7.46. The number of rotatable bonds is 4. The first-order valence-electron chi connectivity index (χ1n) is 6.28. The maximum atomic E-state index is 10.5. The highest BCUT2D eigenvalue weighted by Gasteiger charge is 2.11. The van der Waals surface area contributed by atoms with E-state index in [1.807, 2.05) is 24.3 Å². The van der Waals surface area contributed by atoms with Gasteiger partial charge in [0, 0.05) is 5.56 Å². The number of ether oxygens (including phenoxy) is 1. The number of carbonyl (C=O) groups excluding carboxylic acids is 1. The van der Waals surface area contributed by atoms with Crippen LogP contribution in [0.2, 0.25) is 0 Å². The van der Waals surface area contributed by atoms with Gasteiger partial charge < -0.3 is 10.5 Å². The third kappa shape index (κ3) is 3.28. The molecule has 0 radical (unpaired) electrons. The molecule has 1 aromatic heterocycles. The largest absolute Gasteiger partial charge is 0.443 e. The van der Waals surface area contributed by atoms with Crippen molar-refractivity contribution in [2.24, 2.45) is 5.73 Å². The normalized spacial score (nSPS) is 10.6. The zero-order chi connectivity index (χ0) is 14.5. The van der Waals surface area contributed by atoms with Gasteiger partial charge in [-0.1, -0.05) is 38.1 Å². The van der Waals surface area contributed by atoms with Crippen molar-refractivity contribution >= 4 is 6.09 Å². The van der Waals surface area contributed by atoms with E-state index >= 15 is 0 Å². The van der Waals surface area contributed by atoms with E-state index < -0.39 is 6.09 Å². The average Bonchev–Trinajstić information content (AvgIpc) is 2.45. The molecular weight excluding hydrogens is 256 g/mol. The van der Waals surface area contributed by atoms with E-state index in [0.29, 0.717) is 17.4 Å². The Bertz CT molecular complexity index is 596. The van der Waals surface area contributed by atoms with E-state index in [2.05, 4.69) is 33.8 Å². The van der Waals surface area contributed by atoms with Gasteiger partial charge in [0.15, 0.2) is 5.82 Å². The number of amides is 1. The number of hydrogen-bond acceptors (Lipinski definition) is 5. The van der Waals surface area contributed by atoms with Crippen molar-refractivity contribution in [1.82, 2.24) is 15.2 Å². The molecule has 2 N–H and O–H groups in total. The van der Waals surface area contributed by atoms with Crippen molar-refractivity contribution in [2.45, 2.75) is 26.4 Å². The van der Waals surface area contributed by atoms with Crippen LogP contribution in [-0.2, 0) is 11.3 Å². The van der Waals surface area contributed by atoms with Crippen molar-refractivity contribution < 1.29 is 9.53 Å². The SMILES string of the molecule is CC(C)c1ccccc1-c1ncc(COC(N)=O)nn1. The molecule has 0 fully saturated rings. The number of aromatic nitrogens is 3. The molecule has 6 nitrogen and oxygen atoms in total.